The van der Waals surface area contributed by atoms with Crippen molar-refractivity contribution in [3.8, 4) is 0 Å². The quantitative estimate of drug-likeness (QED) is 0.483. The maximum atomic E-state index is 12.7. The third kappa shape index (κ3) is 4.66. The van der Waals surface area contributed by atoms with Crippen molar-refractivity contribution in [1.29, 1.82) is 0 Å². The van der Waals surface area contributed by atoms with Gasteiger partial charge in [0.25, 0.3) is 5.91 Å². The third-order valence-corrected chi connectivity index (χ3v) is 6.27. The molecule has 4 amide bonds. The van der Waals surface area contributed by atoms with Crippen LogP contribution in [0.1, 0.15) is 56.9 Å². The highest BCUT2D eigenvalue weighted by molar-refractivity contribution is 6.04. The number of imide groups is 1. The average molecular weight is 411 g/mol. The first-order chi connectivity index (χ1) is 14.6. The second-order valence-electron chi connectivity index (χ2n) is 8.40. The molecule has 2 aliphatic rings. The van der Waals surface area contributed by atoms with E-state index in [-0.39, 0.29) is 30.3 Å². The minimum Gasteiger partial charge on any atom is -0.361 e. The summed E-state index contributed by atoms with van der Waals surface area (Å²) in [5.41, 5.74) is 2.12. The Morgan fingerprint density at radius 2 is 1.87 bits per heavy atom. The second kappa shape index (κ2) is 9.32. The number of nitrogens with one attached hydrogen (secondary N) is 3. The lowest BCUT2D eigenvalue weighted by molar-refractivity contribution is -0.127. The Morgan fingerprint density at radius 3 is 2.67 bits per heavy atom. The summed E-state index contributed by atoms with van der Waals surface area (Å²) in [5.74, 6) is -0.261. The van der Waals surface area contributed by atoms with E-state index in [2.05, 4.69) is 15.6 Å². The van der Waals surface area contributed by atoms with Crippen molar-refractivity contribution in [2.45, 2.75) is 69.9 Å². The van der Waals surface area contributed by atoms with Gasteiger partial charge in [-0.3, -0.25) is 14.5 Å². The van der Waals surface area contributed by atoms with Gasteiger partial charge in [0, 0.05) is 36.1 Å². The molecule has 0 spiro atoms. The smallest absolute Gasteiger partial charge is 0.324 e. The standard InChI is InChI=1S/C23H30N4O3/c28-21(25-17-7-3-1-2-4-8-17)12-11-20-22(29)27(23(30)26-20)14-13-16-15-24-19-10-6-5-9-18(16)19/h5-6,9-10,15,17,20,24H,1-4,7-8,11-14H2,(H,25,28)(H,26,30)/t20-/m0/s1. The van der Waals surface area contributed by atoms with Crippen LogP contribution in [0.25, 0.3) is 10.9 Å². The van der Waals surface area contributed by atoms with E-state index in [0.717, 1.165) is 42.1 Å². The molecular formula is C23H30N4O3. The number of hydrogen-bond donors (Lipinski definition) is 3. The molecule has 1 aromatic carbocycles. The number of carbonyl (C=O) groups is 3. The summed E-state index contributed by atoms with van der Waals surface area (Å²) >= 11 is 0. The predicted octanol–water partition coefficient (Wildman–Crippen LogP) is 3.25. The van der Waals surface area contributed by atoms with E-state index in [1.807, 2.05) is 30.5 Å². The number of fused-ring (bicyclic) bond motifs is 1. The molecule has 4 rings (SSSR count). The maximum absolute atomic E-state index is 12.7. The molecule has 160 valence electrons. The number of benzene rings is 1. The number of H-pyrrole nitrogens is 1. The van der Waals surface area contributed by atoms with Crippen LogP contribution in [0.15, 0.2) is 30.5 Å². The van der Waals surface area contributed by atoms with Crippen LogP contribution >= 0.6 is 0 Å². The minimum atomic E-state index is -0.611. The molecule has 7 heteroatoms. The van der Waals surface area contributed by atoms with Crippen molar-refractivity contribution >= 4 is 28.7 Å². The molecule has 1 aliphatic carbocycles. The number of urea groups is 1. The number of carbonyl (C=O) groups excluding carboxylic acids is 3. The van der Waals surface area contributed by atoms with E-state index < -0.39 is 6.04 Å². The van der Waals surface area contributed by atoms with Gasteiger partial charge in [0.05, 0.1) is 0 Å². The van der Waals surface area contributed by atoms with Crippen LogP contribution in [0, 0.1) is 0 Å². The van der Waals surface area contributed by atoms with Gasteiger partial charge in [-0.15, -0.1) is 0 Å². The van der Waals surface area contributed by atoms with Crippen LogP contribution in [0.4, 0.5) is 4.79 Å². The summed E-state index contributed by atoms with van der Waals surface area (Å²) in [7, 11) is 0. The first kappa shape index (κ1) is 20.4. The van der Waals surface area contributed by atoms with Gasteiger partial charge in [0.2, 0.25) is 5.91 Å². The fourth-order valence-corrected chi connectivity index (χ4v) is 4.55. The summed E-state index contributed by atoms with van der Waals surface area (Å²) in [4.78, 5) is 41.8. The number of nitrogens with zero attached hydrogens (tertiary/aromatic N) is 1. The van der Waals surface area contributed by atoms with Gasteiger partial charge in [-0.05, 0) is 37.3 Å². The summed E-state index contributed by atoms with van der Waals surface area (Å²) in [5, 5.41) is 6.95. The largest absolute Gasteiger partial charge is 0.361 e. The van der Waals surface area contributed by atoms with Crippen molar-refractivity contribution in [1.82, 2.24) is 20.5 Å². The van der Waals surface area contributed by atoms with Crippen LogP contribution in [-0.2, 0) is 16.0 Å². The highest BCUT2D eigenvalue weighted by Crippen LogP contribution is 2.20. The van der Waals surface area contributed by atoms with Gasteiger partial charge in [-0.1, -0.05) is 43.9 Å². The Bertz CT molecular complexity index is 914. The molecule has 2 aromatic rings. The summed E-state index contributed by atoms with van der Waals surface area (Å²) in [6.07, 6.45) is 9.99. The van der Waals surface area contributed by atoms with Crippen molar-refractivity contribution in [3.63, 3.8) is 0 Å². The average Bonchev–Trinajstić information content (AvgIpc) is 3.14. The predicted molar refractivity (Wildman–Crippen MR) is 115 cm³/mol. The fourth-order valence-electron chi connectivity index (χ4n) is 4.55. The van der Waals surface area contributed by atoms with Gasteiger partial charge in [-0.25, -0.2) is 4.79 Å². The summed E-state index contributed by atoms with van der Waals surface area (Å²) < 4.78 is 0. The number of rotatable bonds is 7. The molecule has 1 saturated heterocycles. The Kier molecular flexibility index (Phi) is 6.35. The first-order valence-electron chi connectivity index (χ1n) is 11.1. The SMILES string of the molecule is O=C(CC[C@@H]1NC(=O)N(CCc2c[nH]c3ccccc23)C1=O)NC1CCCCCC1. The number of aromatic nitrogens is 1. The molecule has 0 unspecified atom stereocenters. The molecule has 2 fully saturated rings. The molecule has 0 radical (unpaired) electrons. The number of amides is 4. The third-order valence-electron chi connectivity index (χ3n) is 6.27. The van der Waals surface area contributed by atoms with E-state index in [9.17, 15) is 14.4 Å². The van der Waals surface area contributed by atoms with Crippen LogP contribution in [0.2, 0.25) is 0 Å². The fraction of sp³-hybridized carbons (Fsp3) is 0.522. The number of hydrogen-bond acceptors (Lipinski definition) is 3. The Morgan fingerprint density at radius 1 is 1.10 bits per heavy atom. The molecular weight excluding hydrogens is 380 g/mol. The molecule has 0 bridgehead atoms. The highest BCUT2D eigenvalue weighted by atomic mass is 16.2. The van der Waals surface area contributed by atoms with Crippen molar-refractivity contribution in [3.05, 3.63) is 36.0 Å². The monoisotopic (exact) mass is 410 g/mol. The second-order valence-corrected chi connectivity index (χ2v) is 8.40. The van der Waals surface area contributed by atoms with E-state index in [1.54, 1.807) is 0 Å². The Labute approximate surface area is 176 Å². The van der Waals surface area contributed by atoms with Crippen LogP contribution < -0.4 is 10.6 Å². The molecule has 1 aromatic heterocycles. The first-order valence-corrected chi connectivity index (χ1v) is 11.1. The summed E-state index contributed by atoms with van der Waals surface area (Å²) in [6.45, 7) is 0.331. The van der Waals surface area contributed by atoms with Gasteiger partial charge in [-0.2, -0.15) is 0 Å². The van der Waals surface area contributed by atoms with E-state index in [4.69, 9.17) is 0 Å². The van der Waals surface area contributed by atoms with Gasteiger partial charge < -0.3 is 15.6 Å². The topological polar surface area (TPSA) is 94.3 Å². The zero-order chi connectivity index (χ0) is 20.9. The molecule has 1 aliphatic heterocycles. The zero-order valence-corrected chi connectivity index (χ0v) is 17.3. The number of para-hydroxylation sites is 1. The van der Waals surface area contributed by atoms with Crippen LogP contribution in [-0.4, -0.2) is 46.4 Å². The molecule has 1 atom stereocenters. The van der Waals surface area contributed by atoms with Gasteiger partial charge in [0.15, 0.2) is 0 Å². The number of aromatic amines is 1. The Hall–Kier alpha value is -2.83. The lowest BCUT2D eigenvalue weighted by atomic mass is 10.1. The minimum absolute atomic E-state index is 0.0267. The Balaban J connectivity index is 1.26. The van der Waals surface area contributed by atoms with Gasteiger partial charge in [0.1, 0.15) is 6.04 Å². The van der Waals surface area contributed by atoms with Crippen molar-refractivity contribution < 1.29 is 14.4 Å². The molecule has 3 N–H and O–H groups in total. The summed E-state index contributed by atoms with van der Waals surface area (Å²) in [6, 6.07) is 7.25. The van der Waals surface area contributed by atoms with E-state index >= 15 is 0 Å². The van der Waals surface area contributed by atoms with Crippen LogP contribution in [0.3, 0.4) is 0 Å². The lowest BCUT2D eigenvalue weighted by Gasteiger charge is -2.17. The molecule has 2 heterocycles. The zero-order valence-electron chi connectivity index (χ0n) is 17.3. The van der Waals surface area contributed by atoms with E-state index in [1.165, 1.54) is 17.7 Å². The lowest BCUT2D eigenvalue weighted by Crippen LogP contribution is -2.36. The molecule has 7 nitrogen and oxygen atoms in total. The molecule has 1 saturated carbocycles. The van der Waals surface area contributed by atoms with Gasteiger partial charge >= 0.3 is 6.03 Å². The van der Waals surface area contributed by atoms with E-state index in [0.29, 0.717) is 19.4 Å². The van der Waals surface area contributed by atoms with Crippen LogP contribution in [0.5, 0.6) is 0 Å². The molecule has 30 heavy (non-hydrogen) atoms. The van der Waals surface area contributed by atoms with Crippen molar-refractivity contribution in [2.75, 3.05) is 6.54 Å². The maximum Gasteiger partial charge on any atom is 0.324 e. The normalized spacial score (nSPS) is 20.4. The highest BCUT2D eigenvalue weighted by Gasteiger charge is 2.37. The van der Waals surface area contributed by atoms with Crippen molar-refractivity contribution in [2.24, 2.45) is 0 Å².